The van der Waals surface area contributed by atoms with Crippen LogP contribution in [0.15, 0.2) is 28.9 Å². The van der Waals surface area contributed by atoms with Crippen molar-refractivity contribution in [2.75, 3.05) is 14.2 Å². The molecule has 0 unspecified atom stereocenters. The van der Waals surface area contributed by atoms with Crippen molar-refractivity contribution in [1.29, 1.82) is 0 Å². The van der Waals surface area contributed by atoms with E-state index in [-0.39, 0.29) is 5.76 Å². The Morgan fingerprint density at radius 2 is 1.95 bits per heavy atom. The average molecular weight is 273 g/mol. The molecule has 0 amide bonds. The molecule has 2 aromatic heterocycles. The van der Waals surface area contributed by atoms with Crippen molar-refractivity contribution < 1.29 is 23.8 Å². The van der Waals surface area contributed by atoms with Gasteiger partial charge >= 0.3 is 5.97 Å². The van der Waals surface area contributed by atoms with Gasteiger partial charge in [0.15, 0.2) is 11.3 Å². The predicted molar refractivity (Wildman–Crippen MR) is 71.6 cm³/mol. The lowest BCUT2D eigenvalue weighted by atomic mass is 10.1. The van der Waals surface area contributed by atoms with Crippen molar-refractivity contribution >= 4 is 27.7 Å². The van der Waals surface area contributed by atoms with E-state index in [1.807, 2.05) is 0 Å². The number of furan rings is 1. The lowest BCUT2D eigenvalue weighted by Crippen LogP contribution is -1.91. The highest BCUT2D eigenvalue weighted by atomic mass is 16.5. The number of carbonyl (C=O) groups is 1. The van der Waals surface area contributed by atoms with Gasteiger partial charge in [-0.3, -0.25) is 4.98 Å². The molecule has 102 valence electrons. The number of methoxy groups -OCH3 is 2. The number of aromatic nitrogens is 1. The molecule has 0 aliphatic heterocycles. The molecule has 0 fully saturated rings. The first-order valence-electron chi connectivity index (χ1n) is 5.82. The molecule has 0 spiro atoms. The topological polar surface area (TPSA) is 81.8 Å². The Hall–Kier alpha value is -2.76. The smallest absolute Gasteiger partial charge is 0.371 e. The lowest BCUT2D eigenvalue weighted by Gasteiger charge is -2.10. The van der Waals surface area contributed by atoms with Gasteiger partial charge in [-0.2, -0.15) is 0 Å². The Morgan fingerprint density at radius 1 is 1.20 bits per heavy atom. The molecule has 0 radical (unpaired) electrons. The summed E-state index contributed by atoms with van der Waals surface area (Å²) in [5.74, 6) is -0.335. The van der Waals surface area contributed by atoms with Crippen molar-refractivity contribution in [3.05, 3.63) is 30.3 Å². The van der Waals surface area contributed by atoms with Crippen LogP contribution in [0.1, 0.15) is 10.6 Å². The molecule has 6 nitrogen and oxygen atoms in total. The highest BCUT2D eigenvalue weighted by Gasteiger charge is 2.21. The lowest BCUT2D eigenvalue weighted by molar-refractivity contribution is 0.0665. The van der Waals surface area contributed by atoms with Gasteiger partial charge < -0.3 is 19.0 Å². The van der Waals surface area contributed by atoms with Gasteiger partial charge in [0, 0.05) is 29.2 Å². The van der Waals surface area contributed by atoms with E-state index < -0.39 is 5.97 Å². The first-order chi connectivity index (χ1) is 9.67. The van der Waals surface area contributed by atoms with E-state index in [1.165, 1.54) is 20.3 Å². The van der Waals surface area contributed by atoms with Crippen LogP contribution in [0.25, 0.3) is 21.7 Å². The fourth-order valence-corrected chi connectivity index (χ4v) is 2.30. The standard InChI is InChI=1S/C14H11NO5/c1-18-11-7-3-4-15-6-9(7)12(19-2)13-8(11)5-10(20-13)14(16)17/h3-6H,1-2H3,(H,16,17). The minimum absolute atomic E-state index is 0.167. The van der Waals surface area contributed by atoms with Crippen LogP contribution in [-0.4, -0.2) is 30.3 Å². The maximum Gasteiger partial charge on any atom is 0.371 e. The summed E-state index contributed by atoms with van der Waals surface area (Å²) < 4.78 is 16.1. The maximum atomic E-state index is 11.1. The quantitative estimate of drug-likeness (QED) is 0.790. The van der Waals surface area contributed by atoms with Crippen molar-refractivity contribution in [2.24, 2.45) is 0 Å². The molecular weight excluding hydrogens is 262 g/mol. The summed E-state index contributed by atoms with van der Waals surface area (Å²) in [6, 6.07) is 3.21. The zero-order chi connectivity index (χ0) is 14.3. The van der Waals surface area contributed by atoms with E-state index in [1.54, 1.807) is 18.5 Å². The fraction of sp³-hybridized carbons (Fsp3) is 0.143. The summed E-state index contributed by atoms with van der Waals surface area (Å²) in [6.07, 6.45) is 3.26. The number of aromatic carboxylic acids is 1. The highest BCUT2D eigenvalue weighted by molar-refractivity contribution is 6.10. The summed E-state index contributed by atoms with van der Waals surface area (Å²) >= 11 is 0. The van der Waals surface area contributed by atoms with E-state index in [2.05, 4.69) is 4.98 Å². The van der Waals surface area contributed by atoms with E-state index in [4.69, 9.17) is 19.0 Å². The SMILES string of the molecule is COc1c2ccncc2c(OC)c2oc(C(=O)O)cc12. The molecule has 0 aliphatic rings. The molecule has 1 aromatic carbocycles. The van der Waals surface area contributed by atoms with Crippen LogP contribution in [0.5, 0.6) is 11.5 Å². The Kier molecular flexibility index (Phi) is 2.71. The second kappa shape index (κ2) is 4.41. The number of nitrogens with zero attached hydrogens (tertiary/aromatic N) is 1. The number of hydrogen-bond donors (Lipinski definition) is 1. The van der Waals surface area contributed by atoms with Gasteiger partial charge in [0.25, 0.3) is 0 Å². The molecule has 3 rings (SSSR count). The summed E-state index contributed by atoms with van der Waals surface area (Å²) in [5.41, 5.74) is 0.335. The van der Waals surface area contributed by atoms with E-state index >= 15 is 0 Å². The number of fused-ring (bicyclic) bond motifs is 2. The van der Waals surface area contributed by atoms with Gasteiger partial charge in [0.1, 0.15) is 5.75 Å². The highest BCUT2D eigenvalue weighted by Crippen LogP contribution is 2.43. The number of rotatable bonds is 3. The number of carboxylic acids is 1. The van der Waals surface area contributed by atoms with Gasteiger partial charge in [0.05, 0.1) is 19.6 Å². The number of benzene rings is 1. The Bertz CT molecular complexity index is 761. The summed E-state index contributed by atoms with van der Waals surface area (Å²) in [7, 11) is 3.02. The number of hydrogen-bond acceptors (Lipinski definition) is 5. The molecule has 6 heteroatoms. The molecule has 20 heavy (non-hydrogen) atoms. The fourth-order valence-electron chi connectivity index (χ4n) is 2.30. The molecule has 0 bridgehead atoms. The van der Waals surface area contributed by atoms with Crippen molar-refractivity contribution in [3.8, 4) is 11.5 Å². The second-order valence-electron chi connectivity index (χ2n) is 4.15. The van der Waals surface area contributed by atoms with Crippen LogP contribution >= 0.6 is 0 Å². The zero-order valence-corrected chi connectivity index (χ0v) is 10.8. The monoisotopic (exact) mass is 273 g/mol. The first kappa shape index (κ1) is 12.3. The third kappa shape index (κ3) is 1.58. The minimum Gasteiger partial charge on any atom is -0.495 e. The van der Waals surface area contributed by atoms with E-state index in [9.17, 15) is 4.79 Å². The summed E-state index contributed by atoms with van der Waals surface area (Å²) in [6.45, 7) is 0. The summed E-state index contributed by atoms with van der Waals surface area (Å²) in [4.78, 5) is 15.1. The minimum atomic E-state index is -1.15. The third-order valence-electron chi connectivity index (χ3n) is 3.11. The Balaban J connectivity index is 2.54. The van der Waals surface area contributed by atoms with Crippen molar-refractivity contribution in [3.63, 3.8) is 0 Å². The van der Waals surface area contributed by atoms with Crippen molar-refractivity contribution in [1.82, 2.24) is 4.98 Å². The molecule has 0 saturated carbocycles. The van der Waals surface area contributed by atoms with Crippen LogP contribution in [0, 0.1) is 0 Å². The van der Waals surface area contributed by atoms with Gasteiger partial charge in [-0.25, -0.2) is 4.79 Å². The van der Waals surface area contributed by atoms with Crippen LogP contribution in [0.2, 0.25) is 0 Å². The largest absolute Gasteiger partial charge is 0.495 e. The molecule has 0 saturated heterocycles. The molecule has 0 aliphatic carbocycles. The van der Waals surface area contributed by atoms with Crippen LogP contribution in [-0.2, 0) is 0 Å². The zero-order valence-electron chi connectivity index (χ0n) is 10.8. The van der Waals surface area contributed by atoms with Crippen LogP contribution in [0.3, 0.4) is 0 Å². The molecule has 3 aromatic rings. The molecular formula is C14H11NO5. The Morgan fingerprint density at radius 3 is 2.60 bits per heavy atom. The van der Waals surface area contributed by atoms with Gasteiger partial charge in [-0.15, -0.1) is 0 Å². The number of pyridine rings is 1. The molecule has 2 heterocycles. The van der Waals surface area contributed by atoms with Gasteiger partial charge in [0.2, 0.25) is 5.76 Å². The van der Waals surface area contributed by atoms with Crippen LogP contribution < -0.4 is 9.47 Å². The molecule has 0 atom stereocenters. The van der Waals surface area contributed by atoms with Crippen molar-refractivity contribution in [2.45, 2.75) is 0 Å². The number of ether oxygens (including phenoxy) is 2. The third-order valence-corrected chi connectivity index (χ3v) is 3.11. The van der Waals surface area contributed by atoms with Gasteiger partial charge in [-0.05, 0) is 6.07 Å². The average Bonchev–Trinajstić information content (AvgIpc) is 2.89. The van der Waals surface area contributed by atoms with E-state index in [0.29, 0.717) is 27.9 Å². The van der Waals surface area contributed by atoms with Gasteiger partial charge in [-0.1, -0.05) is 0 Å². The number of carboxylic acid groups (broad SMARTS) is 1. The second-order valence-corrected chi connectivity index (χ2v) is 4.15. The molecule has 1 N–H and O–H groups in total. The Labute approximate surface area is 113 Å². The predicted octanol–water partition coefficient (Wildman–Crippen LogP) is 2.70. The maximum absolute atomic E-state index is 11.1. The first-order valence-corrected chi connectivity index (χ1v) is 5.82. The normalized spacial score (nSPS) is 10.9. The van der Waals surface area contributed by atoms with Crippen LogP contribution in [0.4, 0.5) is 0 Å². The van der Waals surface area contributed by atoms with E-state index in [0.717, 1.165) is 5.39 Å². The summed E-state index contributed by atoms with van der Waals surface area (Å²) in [5, 5.41) is 11.1.